The zero-order valence-corrected chi connectivity index (χ0v) is 27.0. The molecule has 1 aliphatic heterocycles. The number of benzene rings is 2. The molecule has 0 bridgehead atoms. The zero-order valence-electron chi connectivity index (χ0n) is 26.1. The van der Waals surface area contributed by atoms with E-state index in [-0.39, 0.29) is 7.92 Å². The van der Waals surface area contributed by atoms with Crippen molar-refractivity contribution in [1.82, 2.24) is 19.9 Å². The monoisotopic (exact) mass is 599 g/mol. The molecule has 2 aromatic carbocycles. The Morgan fingerprint density at radius 3 is 2.51 bits per heavy atom. The van der Waals surface area contributed by atoms with Crippen molar-refractivity contribution < 1.29 is 4.74 Å². The Morgan fingerprint density at radius 1 is 1.07 bits per heavy atom. The third-order valence-corrected chi connectivity index (χ3v) is 9.46. The van der Waals surface area contributed by atoms with Crippen molar-refractivity contribution >= 4 is 64.9 Å². The number of aromatic amines is 1. The number of piperazine rings is 1. The van der Waals surface area contributed by atoms with E-state index in [1.165, 1.54) is 16.4 Å². The smallest absolute Gasteiger partial charge is 0.231 e. The highest BCUT2D eigenvalue weighted by molar-refractivity contribution is 7.64. The number of aryl methyl sites for hydroxylation is 1. The molecule has 226 valence electrons. The first-order chi connectivity index (χ1) is 20.7. The number of nitrogens with zero attached hydrogens (tertiary/aromatic N) is 5. The van der Waals surface area contributed by atoms with Gasteiger partial charge in [-0.15, -0.1) is 0 Å². The van der Waals surface area contributed by atoms with E-state index in [9.17, 15) is 0 Å². The average Bonchev–Trinajstić information content (AvgIpc) is 3.47. The number of fused-ring (bicyclic) bond motifs is 1. The van der Waals surface area contributed by atoms with E-state index in [1.54, 1.807) is 26.6 Å². The maximum Gasteiger partial charge on any atom is 0.231 e. The Bertz CT molecular complexity index is 1670. The number of H-pyrrole nitrogens is 1. The summed E-state index contributed by atoms with van der Waals surface area (Å²) in [5.41, 5.74) is 14.1. The number of likely N-dealkylation sites (N-methyl/N-ethyl adjacent to an activating group) is 1. The van der Waals surface area contributed by atoms with Crippen LogP contribution in [0.1, 0.15) is 16.7 Å². The number of nitrogens with one attached hydrogen (secondary N) is 3. The van der Waals surface area contributed by atoms with Crippen LogP contribution in [0.2, 0.25) is 0 Å². The molecule has 0 saturated carbocycles. The van der Waals surface area contributed by atoms with Gasteiger partial charge in [-0.3, -0.25) is 4.99 Å². The van der Waals surface area contributed by atoms with Crippen LogP contribution < -0.4 is 31.3 Å². The highest BCUT2D eigenvalue weighted by Crippen LogP contribution is 2.39. The molecule has 4 aromatic rings. The second-order valence-corrected chi connectivity index (χ2v) is 13.3. The fourth-order valence-electron chi connectivity index (χ4n) is 5.54. The minimum atomic E-state index is -0.341. The minimum absolute atomic E-state index is 0.341. The second kappa shape index (κ2) is 13.0. The van der Waals surface area contributed by atoms with Crippen LogP contribution in [0.25, 0.3) is 16.6 Å². The molecule has 0 atom stereocenters. The summed E-state index contributed by atoms with van der Waals surface area (Å²) in [7, 11) is 5.23. The number of aliphatic imine (C=N–C) groups is 1. The summed E-state index contributed by atoms with van der Waals surface area (Å²) >= 11 is 0. The molecule has 2 aromatic heterocycles. The summed E-state index contributed by atoms with van der Waals surface area (Å²) in [6, 6.07) is 10.4. The SMILES string of the molecule is CN=CC(=CN)c1cc(Nc2nc(Nc3ccc(C)c(C)c3P(C)C)c3cc[nH]c3n2)c(OC)cc1N1CCN(C)CC1. The van der Waals surface area contributed by atoms with Gasteiger partial charge in [0.2, 0.25) is 5.95 Å². The van der Waals surface area contributed by atoms with Gasteiger partial charge in [0.15, 0.2) is 0 Å². The van der Waals surface area contributed by atoms with E-state index < -0.39 is 0 Å². The van der Waals surface area contributed by atoms with Crippen LogP contribution in [0.5, 0.6) is 5.75 Å². The molecule has 43 heavy (non-hydrogen) atoms. The van der Waals surface area contributed by atoms with Gasteiger partial charge < -0.3 is 35.9 Å². The van der Waals surface area contributed by atoms with Gasteiger partial charge in [0.05, 0.1) is 18.2 Å². The standard InChI is InChI=1S/C32H42N9OP/c1-20-8-9-25(29(21(20)2)43(6)7)36-31-23-10-11-35-30(23)38-32(39-31)37-26-16-24(22(18-33)19-34-3)27(17-28(26)42-5)41-14-12-40(4)13-15-41/h8-11,16-19H,12-15,33H2,1-7H3,(H3,35,36,37,38,39). The lowest BCUT2D eigenvalue weighted by atomic mass is 10.0. The number of hydrogen-bond donors (Lipinski definition) is 4. The van der Waals surface area contributed by atoms with Crippen LogP contribution in [0.4, 0.5) is 28.8 Å². The average molecular weight is 600 g/mol. The third-order valence-electron chi connectivity index (χ3n) is 7.98. The molecule has 5 rings (SSSR count). The Hall–Kier alpha value is -4.14. The van der Waals surface area contributed by atoms with E-state index in [0.717, 1.165) is 71.2 Å². The first kappa shape index (κ1) is 30.3. The van der Waals surface area contributed by atoms with E-state index in [2.05, 4.69) is 82.8 Å². The molecule has 1 fully saturated rings. The Labute approximate surface area is 255 Å². The van der Waals surface area contributed by atoms with Gasteiger partial charge in [0.1, 0.15) is 17.2 Å². The fraction of sp³-hybridized carbons (Fsp3) is 0.344. The van der Waals surface area contributed by atoms with Crippen molar-refractivity contribution in [3.63, 3.8) is 0 Å². The third kappa shape index (κ3) is 6.31. The van der Waals surface area contributed by atoms with Gasteiger partial charge >= 0.3 is 0 Å². The number of allylic oxidation sites excluding steroid dienone is 1. The lowest BCUT2D eigenvalue weighted by molar-refractivity contribution is 0.312. The molecule has 0 amide bonds. The van der Waals surface area contributed by atoms with Crippen molar-refractivity contribution in [3.05, 3.63) is 59.4 Å². The van der Waals surface area contributed by atoms with Crippen molar-refractivity contribution in [2.45, 2.75) is 13.8 Å². The van der Waals surface area contributed by atoms with Crippen molar-refractivity contribution in [3.8, 4) is 5.75 Å². The number of aromatic nitrogens is 3. The van der Waals surface area contributed by atoms with Crippen LogP contribution in [0.15, 0.2) is 47.7 Å². The van der Waals surface area contributed by atoms with Crippen LogP contribution in [-0.4, -0.2) is 86.8 Å². The van der Waals surface area contributed by atoms with E-state index in [0.29, 0.717) is 11.7 Å². The molecule has 0 radical (unpaired) electrons. The molecule has 0 aliphatic carbocycles. The van der Waals surface area contributed by atoms with Gasteiger partial charge in [-0.2, -0.15) is 9.97 Å². The van der Waals surface area contributed by atoms with E-state index >= 15 is 0 Å². The van der Waals surface area contributed by atoms with Gasteiger partial charge in [-0.25, -0.2) is 0 Å². The highest BCUT2D eigenvalue weighted by Gasteiger charge is 2.22. The molecule has 11 heteroatoms. The lowest BCUT2D eigenvalue weighted by Gasteiger charge is -2.35. The molecule has 5 N–H and O–H groups in total. The van der Waals surface area contributed by atoms with Crippen LogP contribution in [-0.2, 0) is 0 Å². The lowest BCUT2D eigenvalue weighted by Crippen LogP contribution is -2.44. The van der Waals surface area contributed by atoms with Crippen molar-refractivity contribution in [1.29, 1.82) is 0 Å². The number of anilines is 5. The molecule has 10 nitrogen and oxygen atoms in total. The molecule has 0 spiro atoms. The predicted molar refractivity (Wildman–Crippen MR) is 184 cm³/mol. The molecular formula is C32H42N9OP. The fourth-order valence-corrected chi connectivity index (χ4v) is 7.00. The topological polar surface area (TPSA) is 120 Å². The Kier molecular flexibility index (Phi) is 9.18. The first-order valence-electron chi connectivity index (χ1n) is 14.4. The maximum atomic E-state index is 6.11. The zero-order chi connectivity index (χ0) is 30.7. The van der Waals surface area contributed by atoms with Crippen molar-refractivity contribution in [2.75, 3.05) is 76.2 Å². The summed E-state index contributed by atoms with van der Waals surface area (Å²) < 4.78 is 5.90. The maximum absolute atomic E-state index is 6.11. The second-order valence-electron chi connectivity index (χ2n) is 11.1. The Balaban J connectivity index is 1.58. The van der Waals surface area contributed by atoms with Crippen LogP contribution in [0.3, 0.4) is 0 Å². The van der Waals surface area contributed by atoms with E-state index in [4.69, 9.17) is 20.4 Å². The quantitative estimate of drug-likeness (QED) is 0.153. The van der Waals surface area contributed by atoms with Crippen LogP contribution in [0, 0.1) is 13.8 Å². The highest BCUT2D eigenvalue weighted by atomic mass is 31.1. The number of methoxy groups -OCH3 is 1. The number of nitrogens with two attached hydrogens (primary N) is 1. The molecule has 0 unspecified atom stereocenters. The van der Waals surface area contributed by atoms with Crippen molar-refractivity contribution in [2.24, 2.45) is 10.7 Å². The summed E-state index contributed by atoms with van der Waals surface area (Å²) in [5.74, 6) is 1.85. The van der Waals surface area contributed by atoms with Gasteiger partial charge in [-0.05, 0) is 63.6 Å². The summed E-state index contributed by atoms with van der Waals surface area (Å²) in [5, 5.41) is 9.34. The van der Waals surface area contributed by atoms with Gasteiger partial charge in [0, 0.05) is 85.7 Å². The largest absolute Gasteiger partial charge is 0.494 e. The first-order valence-corrected chi connectivity index (χ1v) is 16.6. The van der Waals surface area contributed by atoms with Crippen LogP contribution >= 0.6 is 7.92 Å². The molecule has 1 aliphatic rings. The van der Waals surface area contributed by atoms with E-state index in [1.807, 2.05) is 18.3 Å². The number of ether oxygens (including phenoxy) is 1. The predicted octanol–water partition coefficient (Wildman–Crippen LogP) is 5.19. The molecular weight excluding hydrogens is 557 g/mol. The van der Waals surface area contributed by atoms with Gasteiger partial charge in [-0.1, -0.05) is 14.0 Å². The molecule has 3 heterocycles. The summed E-state index contributed by atoms with van der Waals surface area (Å²) in [4.78, 5) is 22.0. The normalized spacial score (nSPS) is 14.7. The number of rotatable bonds is 9. The molecule has 1 saturated heterocycles. The Morgan fingerprint density at radius 2 is 1.84 bits per heavy atom. The summed E-state index contributed by atoms with van der Waals surface area (Å²) in [6.45, 7) is 12.7. The summed E-state index contributed by atoms with van der Waals surface area (Å²) in [6.07, 6.45) is 5.26. The van der Waals surface area contributed by atoms with Gasteiger partial charge in [0.25, 0.3) is 0 Å². The number of hydrogen-bond acceptors (Lipinski definition) is 9. The minimum Gasteiger partial charge on any atom is -0.494 e.